The van der Waals surface area contributed by atoms with Gasteiger partial charge in [0.15, 0.2) is 0 Å². The molecule has 0 heterocycles. The standard InChI is InChI=1S/C16H25ClN2O/c1-4-5-6-8-18-9-7-15(20)19-16-13(3)10-12(2)11-14(16)17/h10-11,18H,4-9H2,1-3H3,(H,19,20). The fraction of sp³-hybridized carbons (Fsp3) is 0.562. The summed E-state index contributed by atoms with van der Waals surface area (Å²) in [5, 5.41) is 6.78. The van der Waals surface area contributed by atoms with Gasteiger partial charge in [0.2, 0.25) is 5.91 Å². The molecule has 0 aromatic heterocycles. The van der Waals surface area contributed by atoms with Crippen molar-refractivity contribution < 1.29 is 4.79 Å². The molecule has 1 aromatic rings. The van der Waals surface area contributed by atoms with Crippen LogP contribution in [0.3, 0.4) is 0 Å². The van der Waals surface area contributed by atoms with Gasteiger partial charge in [-0.15, -0.1) is 0 Å². The van der Waals surface area contributed by atoms with Gasteiger partial charge in [-0.2, -0.15) is 0 Å². The summed E-state index contributed by atoms with van der Waals surface area (Å²) in [6, 6.07) is 3.89. The summed E-state index contributed by atoms with van der Waals surface area (Å²) < 4.78 is 0. The Morgan fingerprint density at radius 2 is 1.95 bits per heavy atom. The summed E-state index contributed by atoms with van der Waals surface area (Å²) in [5.74, 6) is 0.00171. The van der Waals surface area contributed by atoms with E-state index in [1.165, 1.54) is 19.3 Å². The number of rotatable bonds is 8. The van der Waals surface area contributed by atoms with E-state index >= 15 is 0 Å². The average molecular weight is 297 g/mol. The molecule has 1 amide bonds. The highest BCUT2D eigenvalue weighted by atomic mass is 35.5. The first kappa shape index (κ1) is 17.0. The Morgan fingerprint density at radius 1 is 1.20 bits per heavy atom. The number of hydrogen-bond donors (Lipinski definition) is 2. The summed E-state index contributed by atoms with van der Waals surface area (Å²) in [5.41, 5.74) is 2.83. The number of unbranched alkanes of at least 4 members (excludes halogenated alkanes) is 2. The number of carbonyl (C=O) groups is 1. The SMILES string of the molecule is CCCCCNCCC(=O)Nc1c(C)cc(C)cc1Cl. The van der Waals surface area contributed by atoms with Crippen LogP contribution < -0.4 is 10.6 Å². The second kappa shape index (κ2) is 8.98. The van der Waals surface area contributed by atoms with Crippen molar-refractivity contribution in [2.45, 2.75) is 46.5 Å². The number of benzene rings is 1. The van der Waals surface area contributed by atoms with Crippen LogP contribution in [0.4, 0.5) is 5.69 Å². The van der Waals surface area contributed by atoms with E-state index in [9.17, 15) is 4.79 Å². The summed E-state index contributed by atoms with van der Waals surface area (Å²) in [7, 11) is 0. The molecule has 1 rings (SSSR count). The topological polar surface area (TPSA) is 41.1 Å². The Hall–Kier alpha value is -1.06. The van der Waals surface area contributed by atoms with E-state index < -0.39 is 0 Å². The van der Waals surface area contributed by atoms with E-state index in [-0.39, 0.29) is 5.91 Å². The molecule has 1 aromatic carbocycles. The molecule has 0 radical (unpaired) electrons. The number of hydrogen-bond acceptors (Lipinski definition) is 2. The van der Waals surface area contributed by atoms with Crippen molar-refractivity contribution in [1.29, 1.82) is 0 Å². The van der Waals surface area contributed by atoms with Gasteiger partial charge < -0.3 is 10.6 Å². The number of nitrogens with one attached hydrogen (secondary N) is 2. The predicted molar refractivity (Wildman–Crippen MR) is 86.6 cm³/mol. The van der Waals surface area contributed by atoms with Crippen molar-refractivity contribution >= 4 is 23.2 Å². The molecular formula is C16H25ClN2O. The van der Waals surface area contributed by atoms with Crippen LogP contribution >= 0.6 is 11.6 Å². The minimum Gasteiger partial charge on any atom is -0.325 e. The van der Waals surface area contributed by atoms with Crippen LogP contribution in [0, 0.1) is 13.8 Å². The Balaban J connectivity index is 2.36. The molecule has 0 saturated carbocycles. The van der Waals surface area contributed by atoms with Gasteiger partial charge in [0.1, 0.15) is 0 Å². The van der Waals surface area contributed by atoms with Gasteiger partial charge in [0.25, 0.3) is 0 Å². The van der Waals surface area contributed by atoms with Crippen LogP contribution in [0.1, 0.15) is 43.7 Å². The summed E-state index contributed by atoms with van der Waals surface area (Å²) in [4.78, 5) is 11.9. The largest absolute Gasteiger partial charge is 0.325 e. The van der Waals surface area contributed by atoms with E-state index in [4.69, 9.17) is 11.6 Å². The lowest BCUT2D eigenvalue weighted by atomic mass is 10.1. The van der Waals surface area contributed by atoms with E-state index in [2.05, 4.69) is 17.6 Å². The molecular weight excluding hydrogens is 272 g/mol. The first-order valence-corrected chi connectivity index (χ1v) is 7.69. The van der Waals surface area contributed by atoms with Crippen molar-refractivity contribution in [3.63, 3.8) is 0 Å². The lowest BCUT2D eigenvalue weighted by Gasteiger charge is -2.11. The minimum absolute atomic E-state index is 0.00171. The first-order valence-electron chi connectivity index (χ1n) is 7.32. The zero-order valence-electron chi connectivity index (χ0n) is 12.7. The fourth-order valence-electron chi connectivity index (χ4n) is 2.10. The quantitative estimate of drug-likeness (QED) is 0.710. The maximum absolute atomic E-state index is 11.9. The molecule has 20 heavy (non-hydrogen) atoms. The fourth-order valence-corrected chi connectivity index (χ4v) is 2.47. The molecule has 3 nitrogen and oxygen atoms in total. The van der Waals surface area contributed by atoms with Gasteiger partial charge in [-0.25, -0.2) is 0 Å². The summed E-state index contributed by atoms with van der Waals surface area (Å²) in [6.07, 6.45) is 4.08. The Labute approximate surface area is 127 Å². The van der Waals surface area contributed by atoms with Crippen LogP contribution in [0.5, 0.6) is 0 Å². The average Bonchev–Trinajstić information content (AvgIpc) is 2.38. The Kier molecular flexibility index (Phi) is 7.63. The smallest absolute Gasteiger partial charge is 0.225 e. The number of anilines is 1. The van der Waals surface area contributed by atoms with Crippen molar-refractivity contribution in [1.82, 2.24) is 5.32 Å². The van der Waals surface area contributed by atoms with Gasteiger partial charge in [-0.1, -0.05) is 37.4 Å². The molecule has 0 bridgehead atoms. The van der Waals surface area contributed by atoms with Crippen LogP contribution in [0.15, 0.2) is 12.1 Å². The second-order valence-corrected chi connectivity index (χ2v) is 5.60. The lowest BCUT2D eigenvalue weighted by Crippen LogP contribution is -2.23. The highest BCUT2D eigenvalue weighted by Gasteiger charge is 2.09. The Morgan fingerprint density at radius 3 is 2.60 bits per heavy atom. The minimum atomic E-state index is 0.00171. The molecule has 0 aliphatic heterocycles. The van der Waals surface area contributed by atoms with E-state index in [1.54, 1.807) is 0 Å². The third kappa shape index (κ3) is 5.93. The zero-order valence-corrected chi connectivity index (χ0v) is 13.4. The van der Waals surface area contributed by atoms with Gasteiger partial charge in [0, 0.05) is 13.0 Å². The third-order valence-electron chi connectivity index (χ3n) is 3.18. The van der Waals surface area contributed by atoms with Crippen LogP contribution in [0.2, 0.25) is 5.02 Å². The lowest BCUT2D eigenvalue weighted by molar-refractivity contribution is -0.116. The molecule has 112 valence electrons. The van der Waals surface area contributed by atoms with Gasteiger partial charge in [0.05, 0.1) is 10.7 Å². The monoisotopic (exact) mass is 296 g/mol. The number of carbonyl (C=O) groups excluding carboxylic acids is 1. The van der Waals surface area contributed by atoms with Crippen LogP contribution in [-0.2, 0) is 4.79 Å². The van der Waals surface area contributed by atoms with Crippen molar-refractivity contribution in [3.05, 3.63) is 28.3 Å². The highest BCUT2D eigenvalue weighted by Crippen LogP contribution is 2.27. The number of aryl methyl sites for hydroxylation is 2. The molecule has 4 heteroatoms. The van der Waals surface area contributed by atoms with Gasteiger partial charge in [-0.05, 0) is 44.0 Å². The molecule has 0 unspecified atom stereocenters. The van der Waals surface area contributed by atoms with Crippen molar-refractivity contribution in [2.24, 2.45) is 0 Å². The first-order chi connectivity index (χ1) is 9.54. The zero-order chi connectivity index (χ0) is 15.0. The normalized spacial score (nSPS) is 10.6. The number of amides is 1. The molecule has 0 aliphatic carbocycles. The number of halogens is 1. The molecule has 0 fully saturated rings. The predicted octanol–water partition coefficient (Wildman–Crippen LogP) is 4.07. The van der Waals surface area contributed by atoms with E-state index in [0.29, 0.717) is 18.0 Å². The van der Waals surface area contributed by atoms with Crippen molar-refractivity contribution in [3.8, 4) is 0 Å². The van der Waals surface area contributed by atoms with E-state index in [1.807, 2.05) is 26.0 Å². The molecule has 0 aliphatic rings. The maximum Gasteiger partial charge on any atom is 0.225 e. The van der Waals surface area contributed by atoms with E-state index in [0.717, 1.165) is 23.4 Å². The molecule has 0 atom stereocenters. The molecule has 0 saturated heterocycles. The van der Waals surface area contributed by atoms with Gasteiger partial charge >= 0.3 is 0 Å². The maximum atomic E-state index is 11.9. The molecule has 2 N–H and O–H groups in total. The van der Waals surface area contributed by atoms with Crippen LogP contribution in [-0.4, -0.2) is 19.0 Å². The Bertz CT molecular complexity index is 423. The highest BCUT2D eigenvalue weighted by molar-refractivity contribution is 6.34. The second-order valence-electron chi connectivity index (χ2n) is 5.19. The van der Waals surface area contributed by atoms with Gasteiger partial charge in [-0.3, -0.25) is 4.79 Å². The van der Waals surface area contributed by atoms with Crippen molar-refractivity contribution in [2.75, 3.05) is 18.4 Å². The summed E-state index contributed by atoms with van der Waals surface area (Å²) in [6.45, 7) is 7.81. The third-order valence-corrected chi connectivity index (χ3v) is 3.48. The van der Waals surface area contributed by atoms with Crippen LogP contribution in [0.25, 0.3) is 0 Å². The summed E-state index contributed by atoms with van der Waals surface area (Å²) >= 11 is 6.17. The molecule has 0 spiro atoms.